The van der Waals surface area contributed by atoms with Crippen LogP contribution in [0.4, 0.5) is 0 Å². The maximum Gasteiger partial charge on any atom is 0.0408 e. The molecule has 0 fully saturated rings. The van der Waals surface area contributed by atoms with Crippen LogP contribution >= 0.6 is 11.6 Å². The van der Waals surface area contributed by atoms with Crippen LogP contribution in [0.2, 0.25) is 5.02 Å². The van der Waals surface area contributed by atoms with Crippen LogP contribution < -0.4 is 5.32 Å². The Kier molecular flexibility index (Phi) is 4.26. The highest BCUT2D eigenvalue weighted by atomic mass is 35.5. The summed E-state index contributed by atoms with van der Waals surface area (Å²) >= 11 is 5.89. The van der Waals surface area contributed by atoms with Gasteiger partial charge in [0.25, 0.3) is 0 Å². The Bertz CT molecular complexity index is 256. The first-order valence-electron chi connectivity index (χ1n) is 4.68. The van der Waals surface area contributed by atoms with E-state index in [1.165, 1.54) is 5.56 Å². The van der Waals surface area contributed by atoms with Gasteiger partial charge in [-0.05, 0) is 37.6 Å². The minimum absolute atomic E-state index is 0.554. The van der Waals surface area contributed by atoms with E-state index in [1.807, 2.05) is 25.2 Å². The fourth-order valence-corrected chi connectivity index (χ4v) is 1.61. The molecular weight excluding hydrogens is 182 g/mol. The van der Waals surface area contributed by atoms with Crippen LogP contribution in [0.15, 0.2) is 24.3 Å². The SMILES string of the molecule is CCC(Cc1cccc(Cl)c1)NC. The molecule has 0 heterocycles. The summed E-state index contributed by atoms with van der Waals surface area (Å²) in [6.45, 7) is 2.19. The summed E-state index contributed by atoms with van der Waals surface area (Å²) < 4.78 is 0. The summed E-state index contributed by atoms with van der Waals surface area (Å²) in [5, 5.41) is 4.10. The van der Waals surface area contributed by atoms with Gasteiger partial charge in [0.05, 0.1) is 0 Å². The third kappa shape index (κ3) is 3.37. The van der Waals surface area contributed by atoms with Gasteiger partial charge in [0.15, 0.2) is 0 Å². The van der Waals surface area contributed by atoms with Crippen molar-refractivity contribution in [1.29, 1.82) is 0 Å². The Labute approximate surface area is 85.1 Å². The van der Waals surface area contributed by atoms with Gasteiger partial charge in [0.1, 0.15) is 0 Å². The maximum absolute atomic E-state index is 5.89. The lowest BCUT2D eigenvalue weighted by Gasteiger charge is -2.13. The number of hydrogen-bond acceptors (Lipinski definition) is 1. The Morgan fingerprint density at radius 1 is 1.46 bits per heavy atom. The molecule has 1 unspecified atom stereocenters. The second-order valence-corrected chi connectivity index (χ2v) is 3.66. The molecule has 13 heavy (non-hydrogen) atoms. The smallest absolute Gasteiger partial charge is 0.0408 e. The lowest BCUT2D eigenvalue weighted by molar-refractivity contribution is 0.543. The van der Waals surface area contributed by atoms with Gasteiger partial charge in [-0.15, -0.1) is 0 Å². The van der Waals surface area contributed by atoms with E-state index in [0.717, 1.165) is 17.9 Å². The topological polar surface area (TPSA) is 12.0 Å². The molecule has 0 amide bonds. The summed E-state index contributed by atoms with van der Waals surface area (Å²) in [4.78, 5) is 0. The third-order valence-electron chi connectivity index (χ3n) is 2.27. The minimum Gasteiger partial charge on any atom is -0.317 e. The average Bonchev–Trinajstić information content (AvgIpc) is 2.14. The van der Waals surface area contributed by atoms with E-state index in [-0.39, 0.29) is 0 Å². The zero-order chi connectivity index (χ0) is 9.68. The zero-order valence-electron chi connectivity index (χ0n) is 8.18. The van der Waals surface area contributed by atoms with Crippen molar-refractivity contribution < 1.29 is 0 Å². The normalized spacial score (nSPS) is 12.8. The minimum atomic E-state index is 0.554. The van der Waals surface area contributed by atoms with Crippen LogP contribution in [0.25, 0.3) is 0 Å². The highest BCUT2D eigenvalue weighted by Crippen LogP contribution is 2.12. The van der Waals surface area contributed by atoms with Crippen LogP contribution in [-0.4, -0.2) is 13.1 Å². The van der Waals surface area contributed by atoms with E-state index >= 15 is 0 Å². The molecule has 0 aromatic heterocycles. The number of likely N-dealkylation sites (N-methyl/N-ethyl adjacent to an activating group) is 1. The van der Waals surface area contributed by atoms with Crippen molar-refractivity contribution in [3.8, 4) is 0 Å². The Morgan fingerprint density at radius 2 is 2.23 bits per heavy atom. The second-order valence-electron chi connectivity index (χ2n) is 3.23. The molecule has 1 N–H and O–H groups in total. The summed E-state index contributed by atoms with van der Waals surface area (Å²) in [6.07, 6.45) is 2.19. The van der Waals surface area contributed by atoms with Crippen molar-refractivity contribution in [2.45, 2.75) is 25.8 Å². The van der Waals surface area contributed by atoms with Crippen LogP contribution in [0.5, 0.6) is 0 Å². The fourth-order valence-electron chi connectivity index (χ4n) is 1.40. The van der Waals surface area contributed by atoms with Gasteiger partial charge in [-0.1, -0.05) is 30.7 Å². The van der Waals surface area contributed by atoms with Crippen LogP contribution in [-0.2, 0) is 6.42 Å². The van der Waals surface area contributed by atoms with Gasteiger partial charge in [0.2, 0.25) is 0 Å². The average molecular weight is 198 g/mol. The first kappa shape index (κ1) is 10.6. The first-order valence-corrected chi connectivity index (χ1v) is 5.05. The van der Waals surface area contributed by atoms with Crippen molar-refractivity contribution in [1.82, 2.24) is 5.32 Å². The molecule has 1 aromatic carbocycles. The molecule has 0 aliphatic rings. The second kappa shape index (κ2) is 5.25. The summed E-state index contributed by atoms with van der Waals surface area (Å²) in [6, 6.07) is 8.61. The van der Waals surface area contributed by atoms with Gasteiger partial charge in [-0.25, -0.2) is 0 Å². The van der Waals surface area contributed by atoms with E-state index in [4.69, 9.17) is 11.6 Å². The number of nitrogens with one attached hydrogen (secondary N) is 1. The Hall–Kier alpha value is -0.530. The number of hydrogen-bond donors (Lipinski definition) is 1. The third-order valence-corrected chi connectivity index (χ3v) is 2.51. The Balaban J connectivity index is 2.62. The van der Waals surface area contributed by atoms with Crippen molar-refractivity contribution in [2.24, 2.45) is 0 Å². The van der Waals surface area contributed by atoms with Crippen molar-refractivity contribution in [3.05, 3.63) is 34.9 Å². The molecule has 1 atom stereocenters. The van der Waals surface area contributed by atoms with Crippen LogP contribution in [0.3, 0.4) is 0 Å². The van der Waals surface area contributed by atoms with E-state index in [2.05, 4.69) is 18.3 Å². The molecule has 2 heteroatoms. The number of benzene rings is 1. The predicted molar refractivity (Wildman–Crippen MR) is 58.3 cm³/mol. The summed E-state index contributed by atoms with van der Waals surface area (Å²) in [5.41, 5.74) is 1.30. The van der Waals surface area contributed by atoms with E-state index in [0.29, 0.717) is 6.04 Å². The quantitative estimate of drug-likeness (QED) is 0.783. The lowest BCUT2D eigenvalue weighted by atomic mass is 10.0. The molecule has 0 saturated heterocycles. The lowest BCUT2D eigenvalue weighted by Crippen LogP contribution is -2.26. The van der Waals surface area contributed by atoms with Gasteiger partial charge in [0, 0.05) is 11.1 Å². The summed E-state index contributed by atoms with van der Waals surface area (Å²) in [5.74, 6) is 0. The molecule has 1 aromatic rings. The largest absolute Gasteiger partial charge is 0.317 e. The van der Waals surface area contributed by atoms with Crippen molar-refractivity contribution in [3.63, 3.8) is 0 Å². The zero-order valence-corrected chi connectivity index (χ0v) is 8.93. The van der Waals surface area contributed by atoms with Crippen molar-refractivity contribution >= 4 is 11.6 Å². The Morgan fingerprint density at radius 3 is 2.77 bits per heavy atom. The highest BCUT2D eigenvalue weighted by molar-refractivity contribution is 6.30. The molecular formula is C11H16ClN. The molecule has 0 spiro atoms. The van der Waals surface area contributed by atoms with Crippen molar-refractivity contribution in [2.75, 3.05) is 7.05 Å². The standard InChI is InChI=1S/C11H16ClN/c1-3-11(13-2)8-9-5-4-6-10(12)7-9/h4-7,11,13H,3,8H2,1-2H3. The first-order chi connectivity index (χ1) is 6.26. The highest BCUT2D eigenvalue weighted by Gasteiger charge is 2.03. The van der Waals surface area contributed by atoms with Gasteiger partial charge in [-0.3, -0.25) is 0 Å². The predicted octanol–water partition coefficient (Wildman–Crippen LogP) is 2.88. The molecule has 0 saturated carbocycles. The molecule has 0 aliphatic heterocycles. The van der Waals surface area contributed by atoms with Crippen LogP contribution in [0, 0.1) is 0 Å². The molecule has 1 nitrogen and oxygen atoms in total. The molecule has 0 aliphatic carbocycles. The fraction of sp³-hybridized carbons (Fsp3) is 0.455. The van der Waals surface area contributed by atoms with Gasteiger partial charge < -0.3 is 5.32 Å². The monoisotopic (exact) mass is 197 g/mol. The van der Waals surface area contributed by atoms with Gasteiger partial charge in [-0.2, -0.15) is 0 Å². The molecule has 0 bridgehead atoms. The van der Waals surface area contributed by atoms with Crippen LogP contribution in [0.1, 0.15) is 18.9 Å². The van der Waals surface area contributed by atoms with Gasteiger partial charge >= 0.3 is 0 Å². The number of halogens is 1. The van der Waals surface area contributed by atoms with E-state index in [9.17, 15) is 0 Å². The molecule has 1 rings (SSSR count). The number of rotatable bonds is 4. The van der Waals surface area contributed by atoms with E-state index in [1.54, 1.807) is 0 Å². The maximum atomic E-state index is 5.89. The summed E-state index contributed by atoms with van der Waals surface area (Å²) in [7, 11) is 2.00. The van der Waals surface area contributed by atoms with E-state index < -0.39 is 0 Å². The molecule has 0 radical (unpaired) electrons. The molecule has 72 valence electrons.